The van der Waals surface area contributed by atoms with Crippen LogP contribution in [-0.2, 0) is 0 Å². The number of nitro groups is 1. The molecule has 0 saturated carbocycles. The Morgan fingerprint density at radius 1 is 1.67 bits per heavy atom. The van der Waals surface area contributed by atoms with Crippen LogP contribution in [0.15, 0.2) is 5.10 Å². The highest BCUT2D eigenvalue weighted by Gasteiger charge is 1.96. The molecule has 1 N–H and O–H groups in total. The molecule has 6 heteroatoms. The van der Waals surface area contributed by atoms with Crippen molar-refractivity contribution in [2.75, 3.05) is 13.1 Å². The van der Waals surface area contributed by atoms with Gasteiger partial charge in [0.05, 0.1) is 10.1 Å². The van der Waals surface area contributed by atoms with Crippen LogP contribution in [0.2, 0.25) is 0 Å². The second-order valence-corrected chi connectivity index (χ2v) is 2.23. The van der Waals surface area contributed by atoms with Gasteiger partial charge in [0.2, 0.25) is 6.34 Å². The van der Waals surface area contributed by atoms with Crippen LogP contribution in [0.4, 0.5) is 0 Å². The predicted molar refractivity (Wildman–Crippen MR) is 46.2 cm³/mol. The number of hydrogen-bond acceptors (Lipinski definition) is 3. The first kappa shape index (κ1) is 10.7. The summed E-state index contributed by atoms with van der Waals surface area (Å²) in [5.41, 5.74) is 1.72. The number of nitrogens with one attached hydrogen (secondary N) is 1. The average molecular weight is 174 g/mol. The Labute approximate surface area is 71.4 Å². The fourth-order valence-electron chi connectivity index (χ4n) is 0.739. The Balaban J connectivity index is 3.68. The lowest BCUT2D eigenvalue weighted by molar-refractivity contribution is -0.545. The van der Waals surface area contributed by atoms with Crippen LogP contribution >= 0.6 is 0 Å². The Morgan fingerprint density at radius 3 is 2.75 bits per heavy atom. The zero-order chi connectivity index (χ0) is 9.40. The fourth-order valence-corrected chi connectivity index (χ4v) is 0.739. The molecule has 0 atom stereocenters. The van der Waals surface area contributed by atoms with Crippen LogP contribution in [0.3, 0.4) is 0 Å². The molecule has 0 spiro atoms. The van der Waals surface area contributed by atoms with E-state index in [-0.39, 0.29) is 0 Å². The van der Waals surface area contributed by atoms with Crippen LogP contribution in [-0.4, -0.2) is 29.4 Å². The number of rotatable bonds is 6. The first-order chi connectivity index (χ1) is 5.70. The molecule has 0 saturated heterocycles. The van der Waals surface area contributed by atoms with Crippen molar-refractivity contribution >= 4 is 6.34 Å². The van der Waals surface area contributed by atoms with E-state index in [1.165, 1.54) is 6.34 Å². The van der Waals surface area contributed by atoms with Gasteiger partial charge in [-0.2, -0.15) is 0 Å². The van der Waals surface area contributed by atoms with E-state index in [9.17, 15) is 10.1 Å². The maximum absolute atomic E-state index is 9.79. The normalized spacial score (nSPS) is 10.2. The van der Waals surface area contributed by atoms with Gasteiger partial charge in [0.1, 0.15) is 0 Å². The second-order valence-electron chi connectivity index (χ2n) is 2.23. The highest BCUT2D eigenvalue weighted by molar-refractivity contribution is 5.54. The molecular formula is C6H14N4O2. The number of hydrazone groups is 1. The van der Waals surface area contributed by atoms with Gasteiger partial charge >= 0.3 is 0 Å². The smallest absolute Gasteiger partial charge is 0.232 e. The molecule has 0 aromatic heterocycles. The summed E-state index contributed by atoms with van der Waals surface area (Å²) in [7, 11) is 0. The average Bonchev–Trinajstić information content (AvgIpc) is 2.02. The molecule has 0 aromatic rings. The third-order valence-corrected chi connectivity index (χ3v) is 1.28. The highest BCUT2D eigenvalue weighted by Crippen LogP contribution is 1.85. The SMILES string of the molecule is CCCN(/C=N\N[N+](=O)[O-])CC. The maximum atomic E-state index is 9.79. The molecule has 0 aliphatic rings. The Hall–Kier alpha value is -1.33. The van der Waals surface area contributed by atoms with Crippen LogP contribution in [0.5, 0.6) is 0 Å². The minimum atomic E-state index is -0.698. The van der Waals surface area contributed by atoms with Crippen LogP contribution in [0.25, 0.3) is 0 Å². The van der Waals surface area contributed by atoms with E-state index >= 15 is 0 Å². The quantitative estimate of drug-likeness (QED) is 0.274. The Morgan fingerprint density at radius 2 is 2.33 bits per heavy atom. The van der Waals surface area contributed by atoms with E-state index in [1.54, 1.807) is 5.53 Å². The summed E-state index contributed by atoms with van der Waals surface area (Å²) < 4.78 is 0. The molecule has 0 aromatic carbocycles. The Kier molecular flexibility index (Phi) is 5.68. The van der Waals surface area contributed by atoms with Crippen molar-refractivity contribution in [3.8, 4) is 0 Å². The molecule has 0 rings (SSSR count). The molecule has 6 nitrogen and oxygen atoms in total. The van der Waals surface area contributed by atoms with Gasteiger partial charge in [0.25, 0.3) is 0 Å². The van der Waals surface area contributed by atoms with E-state index in [0.29, 0.717) is 0 Å². The van der Waals surface area contributed by atoms with Gasteiger partial charge in [-0.25, -0.2) is 0 Å². The largest absolute Gasteiger partial charge is 0.340 e. The first-order valence-electron chi connectivity index (χ1n) is 3.88. The molecule has 0 fully saturated rings. The molecule has 70 valence electrons. The third kappa shape index (κ3) is 5.45. The number of hydrazine groups is 1. The molecule has 0 aliphatic carbocycles. The van der Waals surface area contributed by atoms with Gasteiger partial charge in [-0.05, 0) is 18.9 Å². The van der Waals surface area contributed by atoms with Crippen molar-refractivity contribution in [2.24, 2.45) is 5.10 Å². The van der Waals surface area contributed by atoms with Crippen LogP contribution in [0.1, 0.15) is 20.3 Å². The molecule has 0 heterocycles. The number of nitrogens with zero attached hydrogens (tertiary/aromatic N) is 3. The summed E-state index contributed by atoms with van der Waals surface area (Å²) in [5.74, 6) is 0. The predicted octanol–water partition coefficient (Wildman–Crippen LogP) is 0.443. The van der Waals surface area contributed by atoms with Crippen LogP contribution < -0.4 is 5.53 Å². The molecule has 0 unspecified atom stereocenters. The van der Waals surface area contributed by atoms with Gasteiger partial charge in [-0.1, -0.05) is 6.92 Å². The summed E-state index contributed by atoms with van der Waals surface area (Å²) in [6.45, 7) is 5.67. The highest BCUT2D eigenvalue weighted by atomic mass is 16.7. The zero-order valence-corrected chi connectivity index (χ0v) is 7.36. The van der Waals surface area contributed by atoms with Crippen molar-refractivity contribution < 1.29 is 5.03 Å². The van der Waals surface area contributed by atoms with Gasteiger partial charge in [-0.15, -0.1) is 0 Å². The van der Waals surface area contributed by atoms with Crippen molar-refractivity contribution in [3.63, 3.8) is 0 Å². The van der Waals surface area contributed by atoms with Gasteiger partial charge in [0, 0.05) is 13.1 Å². The van der Waals surface area contributed by atoms with Crippen molar-refractivity contribution in [3.05, 3.63) is 10.1 Å². The molecule has 0 radical (unpaired) electrons. The van der Waals surface area contributed by atoms with Crippen LogP contribution in [0, 0.1) is 10.1 Å². The lowest BCUT2D eigenvalue weighted by Gasteiger charge is -2.11. The number of hydrogen-bond donors (Lipinski definition) is 1. The van der Waals surface area contributed by atoms with Gasteiger partial charge in [0.15, 0.2) is 0 Å². The summed E-state index contributed by atoms with van der Waals surface area (Å²) in [6.07, 6.45) is 2.44. The molecule has 12 heavy (non-hydrogen) atoms. The van der Waals surface area contributed by atoms with E-state index in [2.05, 4.69) is 5.10 Å². The van der Waals surface area contributed by atoms with Gasteiger partial charge < -0.3 is 15.0 Å². The maximum Gasteiger partial charge on any atom is 0.232 e. The van der Waals surface area contributed by atoms with Crippen molar-refractivity contribution in [1.82, 2.24) is 10.4 Å². The van der Waals surface area contributed by atoms with E-state index in [4.69, 9.17) is 0 Å². The van der Waals surface area contributed by atoms with Gasteiger partial charge in [-0.3, -0.25) is 0 Å². The van der Waals surface area contributed by atoms with Crippen molar-refractivity contribution in [1.29, 1.82) is 0 Å². The second kappa shape index (κ2) is 6.38. The van der Waals surface area contributed by atoms with Crippen molar-refractivity contribution in [2.45, 2.75) is 20.3 Å². The lowest BCUT2D eigenvalue weighted by atomic mass is 10.4. The minimum absolute atomic E-state index is 0.698. The monoisotopic (exact) mass is 174 g/mol. The van der Waals surface area contributed by atoms with E-state index in [1.807, 2.05) is 18.7 Å². The summed E-state index contributed by atoms with van der Waals surface area (Å²) in [6, 6.07) is 0. The minimum Gasteiger partial charge on any atom is -0.340 e. The third-order valence-electron chi connectivity index (χ3n) is 1.28. The van der Waals surface area contributed by atoms with E-state index in [0.717, 1.165) is 19.5 Å². The zero-order valence-electron chi connectivity index (χ0n) is 7.36. The summed E-state index contributed by atoms with van der Waals surface area (Å²) >= 11 is 0. The molecule has 0 bridgehead atoms. The lowest BCUT2D eigenvalue weighted by Crippen LogP contribution is -2.25. The summed E-state index contributed by atoms with van der Waals surface area (Å²) in [4.78, 5) is 11.7. The molecule has 0 amide bonds. The molecule has 0 aliphatic heterocycles. The van der Waals surface area contributed by atoms with E-state index < -0.39 is 5.03 Å². The topological polar surface area (TPSA) is 70.8 Å². The standard InChI is InChI=1S/C6H14N4O2/c1-3-5-9(4-2)6-7-8-10(11)12/h6,8H,3-5H2,1-2H3/b7-6-. The fraction of sp³-hybridized carbons (Fsp3) is 0.833. The summed E-state index contributed by atoms with van der Waals surface area (Å²) in [5, 5.41) is 12.5. The molecular weight excluding hydrogens is 160 g/mol. The Bertz CT molecular complexity index is 160. The first-order valence-corrected chi connectivity index (χ1v) is 3.88.